The summed E-state index contributed by atoms with van der Waals surface area (Å²) < 4.78 is 18.1. The van der Waals surface area contributed by atoms with Crippen molar-refractivity contribution >= 4 is 34.8 Å². The van der Waals surface area contributed by atoms with Crippen LogP contribution in [0, 0.1) is 5.82 Å². The molecule has 1 amide bonds. The van der Waals surface area contributed by atoms with Crippen molar-refractivity contribution in [2.24, 2.45) is 0 Å². The highest BCUT2D eigenvalue weighted by Crippen LogP contribution is 2.24. The Morgan fingerprint density at radius 1 is 1.15 bits per heavy atom. The van der Waals surface area contributed by atoms with Gasteiger partial charge in [-0.15, -0.1) is 0 Å². The molecular formula is C14H10Cl2FNO2. The lowest BCUT2D eigenvalue weighted by atomic mass is 10.3. The van der Waals surface area contributed by atoms with Crippen LogP contribution in [0.4, 0.5) is 10.1 Å². The second-order valence-electron chi connectivity index (χ2n) is 3.89. The molecule has 0 saturated heterocycles. The SMILES string of the molecule is O=C(COc1ccccc1Cl)Nc1ccc(F)cc1Cl. The lowest BCUT2D eigenvalue weighted by molar-refractivity contribution is -0.118. The molecule has 0 bridgehead atoms. The Hall–Kier alpha value is -1.78. The summed E-state index contributed by atoms with van der Waals surface area (Å²) in [6, 6.07) is 10.5. The Labute approximate surface area is 125 Å². The predicted octanol–water partition coefficient (Wildman–Crippen LogP) is 4.15. The Morgan fingerprint density at radius 3 is 2.60 bits per heavy atom. The van der Waals surface area contributed by atoms with Gasteiger partial charge in [0, 0.05) is 0 Å². The van der Waals surface area contributed by atoms with Gasteiger partial charge in [-0.05, 0) is 30.3 Å². The predicted molar refractivity (Wildman–Crippen MR) is 77.0 cm³/mol. The fourth-order valence-electron chi connectivity index (χ4n) is 1.48. The van der Waals surface area contributed by atoms with Gasteiger partial charge in [-0.3, -0.25) is 4.79 Å². The van der Waals surface area contributed by atoms with Crippen LogP contribution in [-0.2, 0) is 4.79 Å². The van der Waals surface area contributed by atoms with Gasteiger partial charge in [0.05, 0.1) is 15.7 Å². The van der Waals surface area contributed by atoms with Gasteiger partial charge in [0.15, 0.2) is 6.61 Å². The van der Waals surface area contributed by atoms with Gasteiger partial charge >= 0.3 is 0 Å². The third-order valence-electron chi connectivity index (χ3n) is 2.40. The molecule has 0 aromatic heterocycles. The van der Waals surface area contributed by atoms with Crippen molar-refractivity contribution < 1.29 is 13.9 Å². The summed E-state index contributed by atoms with van der Waals surface area (Å²) in [6.07, 6.45) is 0. The fraction of sp³-hybridized carbons (Fsp3) is 0.0714. The number of benzene rings is 2. The average molecular weight is 314 g/mol. The zero-order valence-electron chi connectivity index (χ0n) is 10.2. The lowest BCUT2D eigenvalue weighted by Crippen LogP contribution is -2.20. The molecule has 0 heterocycles. The maximum Gasteiger partial charge on any atom is 0.262 e. The van der Waals surface area contributed by atoms with Crippen molar-refractivity contribution in [1.82, 2.24) is 0 Å². The van der Waals surface area contributed by atoms with Crippen molar-refractivity contribution in [3.8, 4) is 5.75 Å². The highest BCUT2D eigenvalue weighted by atomic mass is 35.5. The smallest absolute Gasteiger partial charge is 0.262 e. The van der Waals surface area contributed by atoms with Crippen molar-refractivity contribution in [2.45, 2.75) is 0 Å². The fourth-order valence-corrected chi connectivity index (χ4v) is 1.89. The van der Waals surface area contributed by atoms with Gasteiger partial charge in [-0.1, -0.05) is 35.3 Å². The van der Waals surface area contributed by atoms with E-state index in [-0.39, 0.29) is 11.6 Å². The number of nitrogens with one attached hydrogen (secondary N) is 1. The number of amides is 1. The van der Waals surface area contributed by atoms with Crippen LogP contribution in [0.3, 0.4) is 0 Å². The van der Waals surface area contributed by atoms with E-state index in [2.05, 4.69) is 5.32 Å². The number of anilines is 1. The molecule has 2 rings (SSSR count). The lowest BCUT2D eigenvalue weighted by Gasteiger charge is -2.09. The normalized spacial score (nSPS) is 10.2. The molecule has 1 N–H and O–H groups in total. The number of halogens is 3. The maximum atomic E-state index is 12.9. The van der Waals surface area contributed by atoms with Crippen LogP contribution < -0.4 is 10.1 Å². The van der Waals surface area contributed by atoms with Crippen molar-refractivity contribution in [3.05, 3.63) is 58.3 Å². The van der Waals surface area contributed by atoms with Crippen molar-refractivity contribution in [3.63, 3.8) is 0 Å². The van der Waals surface area contributed by atoms with E-state index in [1.165, 1.54) is 12.1 Å². The van der Waals surface area contributed by atoms with Gasteiger partial charge in [-0.25, -0.2) is 4.39 Å². The molecule has 0 spiro atoms. The van der Waals surface area contributed by atoms with Crippen LogP contribution in [0.15, 0.2) is 42.5 Å². The molecule has 6 heteroatoms. The van der Waals surface area contributed by atoms with Crippen LogP contribution in [0.5, 0.6) is 5.75 Å². The molecular weight excluding hydrogens is 304 g/mol. The molecule has 0 unspecified atom stereocenters. The summed E-state index contributed by atoms with van der Waals surface area (Å²) in [4.78, 5) is 11.7. The molecule has 0 aliphatic heterocycles. The first-order valence-electron chi connectivity index (χ1n) is 5.68. The van der Waals surface area contributed by atoms with E-state index < -0.39 is 11.7 Å². The van der Waals surface area contributed by atoms with Crippen LogP contribution in [0.25, 0.3) is 0 Å². The number of hydrogen-bond acceptors (Lipinski definition) is 2. The van der Waals surface area contributed by atoms with E-state index in [0.29, 0.717) is 16.5 Å². The molecule has 0 aliphatic rings. The largest absolute Gasteiger partial charge is 0.482 e. The third-order valence-corrected chi connectivity index (χ3v) is 3.03. The molecule has 0 fully saturated rings. The van der Waals surface area contributed by atoms with Gasteiger partial charge in [0.25, 0.3) is 5.91 Å². The zero-order chi connectivity index (χ0) is 14.5. The van der Waals surface area contributed by atoms with E-state index in [9.17, 15) is 9.18 Å². The Morgan fingerprint density at radius 2 is 1.90 bits per heavy atom. The summed E-state index contributed by atoms with van der Waals surface area (Å²) in [5.74, 6) is -0.478. The number of rotatable bonds is 4. The van der Waals surface area contributed by atoms with E-state index in [4.69, 9.17) is 27.9 Å². The summed E-state index contributed by atoms with van der Waals surface area (Å²) in [7, 11) is 0. The topological polar surface area (TPSA) is 38.3 Å². The molecule has 0 atom stereocenters. The molecule has 0 saturated carbocycles. The summed E-state index contributed by atoms with van der Waals surface area (Å²) in [5.41, 5.74) is 0.320. The second-order valence-corrected chi connectivity index (χ2v) is 4.71. The van der Waals surface area contributed by atoms with Crippen molar-refractivity contribution in [2.75, 3.05) is 11.9 Å². The third kappa shape index (κ3) is 3.85. The minimum atomic E-state index is -0.472. The van der Waals surface area contributed by atoms with Crippen LogP contribution in [-0.4, -0.2) is 12.5 Å². The summed E-state index contributed by atoms with van der Waals surface area (Å²) in [6.45, 7) is -0.225. The molecule has 0 radical (unpaired) electrons. The first-order chi connectivity index (χ1) is 9.56. The number of ether oxygens (including phenoxy) is 1. The summed E-state index contributed by atoms with van der Waals surface area (Å²) in [5, 5.41) is 3.06. The van der Waals surface area contributed by atoms with Gasteiger partial charge in [0.1, 0.15) is 11.6 Å². The highest BCUT2D eigenvalue weighted by molar-refractivity contribution is 6.33. The van der Waals surface area contributed by atoms with E-state index in [1.807, 2.05) is 0 Å². The highest BCUT2D eigenvalue weighted by Gasteiger charge is 2.08. The Balaban J connectivity index is 1.94. The number of carbonyl (C=O) groups excluding carboxylic acids is 1. The van der Waals surface area contributed by atoms with Gasteiger partial charge in [0.2, 0.25) is 0 Å². The van der Waals surface area contributed by atoms with Crippen LogP contribution in [0.1, 0.15) is 0 Å². The number of hydrogen-bond donors (Lipinski definition) is 1. The van der Waals surface area contributed by atoms with Crippen molar-refractivity contribution in [1.29, 1.82) is 0 Å². The summed E-state index contributed by atoms with van der Waals surface area (Å²) >= 11 is 11.7. The molecule has 104 valence electrons. The average Bonchev–Trinajstić information content (AvgIpc) is 2.41. The molecule has 2 aromatic carbocycles. The quantitative estimate of drug-likeness (QED) is 0.920. The monoisotopic (exact) mass is 313 g/mol. The van der Waals surface area contributed by atoms with E-state index in [0.717, 1.165) is 6.07 Å². The zero-order valence-corrected chi connectivity index (χ0v) is 11.7. The van der Waals surface area contributed by atoms with E-state index >= 15 is 0 Å². The Bertz CT molecular complexity index is 634. The number of carbonyl (C=O) groups is 1. The second kappa shape index (κ2) is 6.59. The van der Waals surface area contributed by atoms with Gasteiger partial charge < -0.3 is 10.1 Å². The van der Waals surface area contributed by atoms with E-state index in [1.54, 1.807) is 24.3 Å². The van der Waals surface area contributed by atoms with Crippen LogP contribution >= 0.6 is 23.2 Å². The molecule has 0 aliphatic carbocycles. The first-order valence-corrected chi connectivity index (χ1v) is 6.44. The minimum absolute atomic E-state index is 0.121. The molecule has 20 heavy (non-hydrogen) atoms. The standard InChI is InChI=1S/C14H10Cl2FNO2/c15-10-3-1-2-4-13(10)20-8-14(19)18-12-6-5-9(17)7-11(12)16/h1-7H,8H2,(H,18,19). The minimum Gasteiger partial charge on any atom is -0.482 e. The maximum absolute atomic E-state index is 12.9. The Kier molecular flexibility index (Phi) is 4.82. The van der Waals surface area contributed by atoms with Crippen LogP contribution in [0.2, 0.25) is 10.0 Å². The van der Waals surface area contributed by atoms with Gasteiger partial charge in [-0.2, -0.15) is 0 Å². The number of para-hydroxylation sites is 1. The first kappa shape index (κ1) is 14.6. The molecule has 3 nitrogen and oxygen atoms in total. The molecule has 2 aromatic rings.